The minimum atomic E-state index is 0.198. The van der Waals surface area contributed by atoms with Crippen molar-refractivity contribution in [2.75, 3.05) is 0 Å². The molecule has 0 aliphatic heterocycles. The molecule has 0 unspecified atom stereocenters. The molecule has 0 spiro atoms. The van der Waals surface area contributed by atoms with Gasteiger partial charge in [-0.3, -0.25) is 0 Å². The van der Waals surface area contributed by atoms with Gasteiger partial charge in [-0.15, -0.1) is 5.16 Å². The Labute approximate surface area is 131 Å². The van der Waals surface area contributed by atoms with Crippen molar-refractivity contribution in [1.29, 1.82) is 0 Å². The van der Waals surface area contributed by atoms with Gasteiger partial charge in [0.05, 0.1) is 6.21 Å². The van der Waals surface area contributed by atoms with Crippen molar-refractivity contribution in [3.05, 3.63) is 0 Å². The van der Waals surface area contributed by atoms with E-state index in [0.29, 0.717) is 0 Å². The van der Waals surface area contributed by atoms with Crippen molar-refractivity contribution in [2.24, 2.45) is 40.2 Å². The number of hydrogen-bond donors (Lipinski definition) is 1. The van der Waals surface area contributed by atoms with Gasteiger partial charge in [0.1, 0.15) is 0 Å². The van der Waals surface area contributed by atoms with E-state index in [1.54, 1.807) is 0 Å². The standard InChI is InChI=1S/C19H35NO/c1-14(2)7-5-8-15(3)17-10-11-18-16(4)9-6-12-19(17,18)13-20-21/h13-18,21H,5-12H2,1-4H3/b20-13+/t15-,16-,17+,18-,19-/m0/s1. The van der Waals surface area contributed by atoms with Crippen LogP contribution in [0.1, 0.15) is 79.1 Å². The fourth-order valence-corrected chi connectivity index (χ4v) is 5.51. The first-order valence-electron chi connectivity index (χ1n) is 9.20. The number of fused-ring (bicyclic) bond motifs is 1. The molecule has 0 aromatic heterocycles. The van der Waals surface area contributed by atoms with Crippen LogP contribution in [0.15, 0.2) is 5.16 Å². The van der Waals surface area contributed by atoms with Gasteiger partial charge in [0, 0.05) is 5.41 Å². The third kappa shape index (κ3) is 3.46. The van der Waals surface area contributed by atoms with Crippen LogP contribution in [0.5, 0.6) is 0 Å². The molecule has 0 saturated heterocycles. The quantitative estimate of drug-likeness (QED) is 0.378. The highest BCUT2D eigenvalue weighted by Crippen LogP contribution is 2.59. The lowest BCUT2D eigenvalue weighted by molar-refractivity contribution is 0.0833. The van der Waals surface area contributed by atoms with Crippen LogP contribution in [-0.4, -0.2) is 11.4 Å². The first-order valence-corrected chi connectivity index (χ1v) is 9.20. The summed E-state index contributed by atoms with van der Waals surface area (Å²) in [6.07, 6.45) is 12.6. The summed E-state index contributed by atoms with van der Waals surface area (Å²) in [5.74, 6) is 3.85. The Hall–Kier alpha value is -0.530. The third-order valence-electron chi connectivity index (χ3n) is 6.55. The fourth-order valence-electron chi connectivity index (χ4n) is 5.51. The molecule has 0 aromatic carbocycles. The summed E-state index contributed by atoms with van der Waals surface area (Å²) >= 11 is 0. The van der Waals surface area contributed by atoms with Crippen LogP contribution in [0.25, 0.3) is 0 Å². The zero-order chi connectivity index (χ0) is 15.5. The highest BCUT2D eigenvalue weighted by Gasteiger charge is 2.53. The maximum atomic E-state index is 9.26. The predicted octanol–water partition coefficient (Wildman–Crippen LogP) is 5.74. The van der Waals surface area contributed by atoms with E-state index in [4.69, 9.17) is 0 Å². The van der Waals surface area contributed by atoms with Crippen LogP contribution < -0.4 is 0 Å². The van der Waals surface area contributed by atoms with Crippen molar-refractivity contribution >= 4 is 6.21 Å². The summed E-state index contributed by atoms with van der Waals surface area (Å²) < 4.78 is 0. The molecule has 21 heavy (non-hydrogen) atoms. The summed E-state index contributed by atoms with van der Waals surface area (Å²) in [6, 6.07) is 0. The van der Waals surface area contributed by atoms with Crippen LogP contribution >= 0.6 is 0 Å². The van der Waals surface area contributed by atoms with Gasteiger partial charge in [-0.1, -0.05) is 59.8 Å². The molecular weight excluding hydrogens is 258 g/mol. The van der Waals surface area contributed by atoms with Gasteiger partial charge >= 0.3 is 0 Å². The molecule has 1 N–H and O–H groups in total. The van der Waals surface area contributed by atoms with Crippen LogP contribution in [-0.2, 0) is 0 Å². The van der Waals surface area contributed by atoms with Gasteiger partial charge in [0.25, 0.3) is 0 Å². The molecule has 0 amide bonds. The lowest BCUT2D eigenvalue weighted by atomic mass is 9.59. The molecule has 122 valence electrons. The smallest absolute Gasteiger partial charge is 0.0503 e. The maximum absolute atomic E-state index is 9.26. The molecule has 2 aliphatic carbocycles. The lowest BCUT2D eigenvalue weighted by Gasteiger charge is -2.45. The Morgan fingerprint density at radius 2 is 1.95 bits per heavy atom. The van der Waals surface area contributed by atoms with Crippen molar-refractivity contribution in [1.82, 2.24) is 0 Å². The van der Waals surface area contributed by atoms with Gasteiger partial charge < -0.3 is 5.21 Å². The van der Waals surface area contributed by atoms with Gasteiger partial charge in [0.2, 0.25) is 0 Å². The van der Waals surface area contributed by atoms with Gasteiger partial charge in [0.15, 0.2) is 0 Å². The van der Waals surface area contributed by atoms with Gasteiger partial charge in [-0.2, -0.15) is 0 Å². The summed E-state index contributed by atoms with van der Waals surface area (Å²) in [6.45, 7) is 9.49. The van der Waals surface area contributed by atoms with Crippen molar-refractivity contribution in [3.63, 3.8) is 0 Å². The van der Waals surface area contributed by atoms with E-state index in [0.717, 1.165) is 29.6 Å². The Balaban J connectivity index is 2.07. The monoisotopic (exact) mass is 293 g/mol. The molecule has 5 atom stereocenters. The normalized spacial score (nSPS) is 38.0. The second kappa shape index (κ2) is 7.15. The second-order valence-electron chi connectivity index (χ2n) is 8.32. The summed E-state index contributed by atoms with van der Waals surface area (Å²) in [4.78, 5) is 0. The van der Waals surface area contributed by atoms with E-state index in [1.165, 1.54) is 51.4 Å². The summed E-state index contributed by atoms with van der Waals surface area (Å²) in [7, 11) is 0. The number of hydrogen-bond acceptors (Lipinski definition) is 2. The number of oxime groups is 1. The summed E-state index contributed by atoms with van der Waals surface area (Å²) in [5.41, 5.74) is 0.198. The van der Waals surface area contributed by atoms with Gasteiger partial charge in [-0.05, 0) is 48.9 Å². The topological polar surface area (TPSA) is 32.6 Å². The molecular formula is C19H35NO. The largest absolute Gasteiger partial charge is 0.411 e. The molecule has 2 aliphatic rings. The van der Waals surface area contributed by atoms with Crippen LogP contribution in [0, 0.1) is 35.0 Å². The van der Waals surface area contributed by atoms with E-state index in [9.17, 15) is 5.21 Å². The van der Waals surface area contributed by atoms with E-state index in [1.807, 2.05) is 6.21 Å². The lowest BCUT2D eigenvalue weighted by Crippen LogP contribution is -2.42. The van der Waals surface area contributed by atoms with Crippen molar-refractivity contribution in [3.8, 4) is 0 Å². The number of nitrogens with zero attached hydrogens (tertiary/aromatic N) is 1. The van der Waals surface area contributed by atoms with Crippen LogP contribution in [0.2, 0.25) is 0 Å². The highest BCUT2D eigenvalue weighted by atomic mass is 16.4. The average Bonchev–Trinajstić information content (AvgIpc) is 2.79. The van der Waals surface area contributed by atoms with E-state index >= 15 is 0 Å². The van der Waals surface area contributed by atoms with E-state index < -0.39 is 0 Å². The van der Waals surface area contributed by atoms with Crippen LogP contribution in [0.4, 0.5) is 0 Å². The van der Waals surface area contributed by atoms with Gasteiger partial charge in [-0.25, -0.2) is 0 Å². The highest BCUT2D eigenvalue weighted by molar-refractivity contribution is 5.67. The zero-order valence-corrected chi connectivity index (χ0v) is 14.5. The Morgan fingerprint density at radius 1 is 1.19 bits per heavy atom. The molecule has 2 nitrogen and oxygen atoms in total. The molecule has 2 heteroatoms. The fraction of sp³-hybridized carbons (Fsp3) is 0.947. The zero-order valence-electron chi connectivity index (χ0n) is 14.5. The molecule has 2 fully saturated rings. The molecule has 0 aromatic rings. The van der Waals surface area contributed by atoms with Crippen molar-refractivity contribution in [2.45, 2.75) is 79.1 Å². The summed E-state index contributed by atoms with van der Waals surface area (Å²) in [5, 5.41) is 12.8. The first-order chi connectivity index (χ1) is 10.0. The third-order valence-corrected chi connectivity index (χ3v) is 6.55. The van der Waals surface area contributed by atoms with Crippen LogP contribution in [0.3, 0.4) is 0 Å². The minimum absolute atomic E-state index is 0.198. The van der Waals surface area contributed by atoms with E-state index in [-0.39, 0.29) is 5.41 Å². The SMILES string of the molecule is CC(C)CCC[C@H](C)[C@H]1CC[C@H]2[C@@H](C)CCC[C@]12/C=N/O. The Kier molecular flexibility index (Phi) is 5.73. The molecule has 0 bridgehead atoms. The second-order valence-corrected chi connectivity index (χ2v) is 8.32. The average molecular weight is 293 g/mol. The van der Waals surface area contributed by atoms with Crippen molar-refractivity contribution < 1.29 is 5.21 Å². The molecule has 0 radical (unpaired) electrons. The molecule has 2 rings (SSSR count). The minimum Gasteiger partial charge on any atom is -0.411 e. The predicted molar refractivity (Wildman–Crippen MR) is 89.8 cm³/mol. The maximum Gasteiger partial charge on any atom is 0.0503 e. The molecule has 2 saturated carbocycles. The Bertz CT molecular complexity index is 351. The Morgan fingerprint density at radius 3 is 2.62 bits per heavy atom. The van der Waals surface area contributed by atoms with E-state index in [2.05, 4.69) is 32.9 Å². The molecule has 0 heterocycles. The first kappa shape index (κ1) is 16.8. The number of rotatable bonds is 6.